The molecule has 20 heteroatoms. The normalized spacial score (nSPS) is 25.6. The number of fused-ring (bicyclic) bond motifs is 1. The number of hydrogen-bond donors (Lipinski definition) is 6. The van der Waals surface area contributed by atoms with Gasteiger partial charge in [-0.3, -0.25) is 9.09 Å². The van der Waals surface area contributed by atoms with E-state index in [0.717, 1.165) is 6.33 Å². The Bertz CT molecular complexity index is 970. The van der Waals surface area contributed by atoms with Gasteiger partial charge >= 0.3 is 162 Å². The molecule has 1 aliphatic rings. The van der Waals surface area contributed by atoms with Gasteiger partial charge in [0, 0.05) is 0 Å². The third kappa shape index (κ3) is 8.40. The molecule has 3 heterocycles. The van der Waals surface area contributed by atoms with Crippen LogP contribution in [0.15, 0.2) is 12.7 Å². The molecule has 0 radical (unpaired) electrons. The van der Waals surface area contributed by atoms with Gasteiger partial charge in [0.25, 0.3) is 0 Å². The summed E-state index contributed by atoms with van der Waals surface area (Å²) in [5.74, 6) is 0.0856. The predicted octanol–water partition coefficient (Wildman–Crippen LogP) is -2.21. The fraction of sp³-hybridized carbons (Fsp3) is 0.500. The SMILES string of the molecule is Nc1ncnc2c1ncn2C1OC(COP(=O)(O)OP(=O)(O)O)C(O)C1O.[Ba+2].[Ba+2].[Ba+2].[H-].[H-].[H-].[H-].[H-].[H-]. The van der Waals surface area contributed by atoms with Gasteiger partial charge in [0.2, 0.25) is 0 Å². The van der Waals surface area contributed by atoms with Crippen molar-refractivity contribution in [3.8, 4) is 0 Å². The number of nitrogens with two attached hydrogens (primary N) is 1. The Morgan fingerprint density at radius 3 is 2.37 bits per heavy atom. The molecule has 1 saturated heterocycles. The quantitative estimate of drug-likeness (QED) is 0.134. The van der Waals surface area contributed by atoms with Crippen molar-refractivity contribution < 1.29 is 56.2 Å². The summed E-state index contributed by atoms with van der Waals surface area (Å²) in [4.78, 5) is 38.1. The van der Waals surface area contributed by atoms with Crippen LogP contribution >= 0.6 is 15.6 Å². The number of ether oxygens (including phenoxy) is 1. The molecule has 1 fully saturated rings. The van der Waals surface area contributed by atoms with Crippen molar-refractivity contribution in [1.29, 1.82) is 0 Å². The van der Waals surface area contributed by atoms with Crippen molar-refractivity contribution in [3.63, 3.8) is 0 Å². The number of phosphoric ester groups is 1. The molecule has 2 aromatic rings. The van der Waals surface area contributed by atoms with Crippen LogP contribution in [0.4, 0.5) is 5.82 Å². The van der Waals surface area contributed by atoms with Gasteiger partial charge in [-0.2, -0.15) is 4.31 Å². The second-order valence-corrected chi connectivity index (χ2v) is 8.30. The topological polar surface area (TPSA) is 233 Å². The average molecular weight is 845 g/mol. The van der Waals surface area contributed by atoms with Gasteiger partial charge < -0.3 is 43.9 Å². The van der Waals surface area contributed by atoms with E-state index in [1.54, 1.807) is 0 Å². The average Bonchev–Trinajstić information content (AvgIpc) is 3.07. The zero-order valence-corrected chi connectivity index (χ0v) is 30.4. The number of aliphatic hydroxyl groups excluding tert-OH is 2. The summed E-state index contributed by atoms with van der Waals surface area (Å²) in [6.45, 7) is -0.813. The minimum absolute atomic E-state index is 0. The molecule has 1 aliphatic heterocycles. The summed E-state index contributed by atoms with van der Waals surface area (Å²) in [7, 11) is -10.4. The molecule has 0 spiro atoms. The van der Waals surface area contributed by atoms with Gasteiger partial charge in [0.15, 0.2) is 17.7 Å². The first-order valence-electron chi connectivity index (χ1n) is 7.17. The van der Waals surface area contributed by atoms with Gasteiger partial charge in [0.05, 0.1) is 12.9 Å². The number of aromatic nitrogens is 4. The minimum Gasteiger partial charge on any atom is -1.00 e. The summed E-state index contributed by atoms with van der Waals surface area (Å²) < 4.78 is 36.8. The molecule has 5 unspecified atom stereocenters. The first kappa shape index (κ1) is 33.2. The summed E-state index contributed by atoms with van der Waals surface area (Å²) >= 11 is 0. The predicted molar refractivity (Wildman–Crippen MR) is 108 cm³/mol. The standard InChI is InChI=1S/C10H15N5O10P2.3Ba.6H/c11-8-5-9(13-2-12-8)15(3-14-5)10-7(17)6(16)4(24-10)1-23-27(21,22)25-26(18,19)20;;;;;;;;;/h2-4,6-7,10,16-17H,1H2,(H,21,22)(H2,11,12,13)(H2,18,19,20);;;;;;;;;/q;3*+2;6*-1. The summed E-state index contributed by atoms with van der Waals surface area (Å²) in [5.41, 5.74) is 6.11. The van der Waals surface area contributed by atoms with E-state index in [2.05, 4.69) is 23.8 Å². The van der Waals surface area contributed by atoms with E-state index < -0.39 is 46.8 Å². The van der Waals surface area contributed by atoms with Gasteiger partial charge in [-0.25, -0.2) is 24.1 Å². The molecular formula is C10H21Ba3N5O10P2. The Kier molecular flexibility index (Phi) is 14.9. The largest absolute Gasteiger partial charge is 2.00 e. The number of hydrogen-bond acceptors (Lipinski definition) is 11. The van der Waals surface area contributed by atoms with E-state index in [-0.39, 0.29) is 172 Å². The summed E-state index contributed by atoms with van der Waals surface area (Å²) in [5, 5.41) is 20.3. The number of nitrogen functional groups attached to an aromatic ring is 1. The van der Waals surface area contributed by atoms with Gasteiger partial charge in [-0.05, 0) is 0 Å². The zero-order valence-electron chi connectivity index (χ0n) is 21.3. The Hall–Kier alpha value is 3.20. The molecule has 0 aliphatic carbocycles. The van der Waals surface area contributed by atoms with E-state index in [1.807, 2.05) is 0 Å². The number of phosphoric acid groups is 2. The first-order valence-corrected chi connectivity index (χ1v) is 10.2. The molecule has 162 valence electrons. The molecule has 0 aromatic carbocycles. The second-order valence-electron chi connectivity index (χ2n) is 5.47. The van der Waals surface area contributed by atoms with E-state index in [0.29, 0.717) is 0 Å². The smallest absolute Gasteiger partial charge is 1.00 e. The number of imidazole rings is 1. The van der Waals surface area contributed by atoms with Crippen LogP contribution in [0.1, 0.15) is 14.8 Å². The molecule has 2 aromatic heterocycles. The maximum Gasteiger partial charge on any atom is 2.00 e. The molecule has 0 bridgehead atoms. The molecule has 30 heavy (non-hydrogen) atoms. The fourth-order valence-electron chi connectivity index (χ4n) is 2.48. The Balaban J connectivity index is -0.000000187. The van der Waals surface area contributed by atoms with E-state index in [1.165, 1.54) is 10.9 Å². The van der Waals surface area contributed by atoms with E-state index in [4.69, 9.17) is 20.3 Å². The Labute approximate surface area is 298 Å². The van der Waals surface area contributed by atoms with E-state index >= 15 is 0 Å². The number of anilines is 1. The van der Waals surface area contributed by atoms with Crippen LogP contribution in [0.5, 0.6) is 0 Å². The number of nitrogens with zero attached hydrogens (tertiary/aromatic N) is 4. The molecule has 7 N–H and O–H groups in total. The van der Waals surface area contributed by atoms with Crippen LogP contribution in [0.2, 0.25) is 0 Å². The van der Waals surface area contributed by atoms with E-state index in [9.17, 15) is 24.2 Å². The third-order valence-corrected chi connectivity index (χ3v) is 5.76. The van der Waals surface area contributed by atoms with Crippen LogP contribution in [0, 0.1) is 0 Å². The van der Waals surface area contributed by atoms with Crippen LogP contribution in [-0.2, 0) is 22.7 Å². The molecule has 0 amide bonds. The van der Waals surface area contributed by atoms with Crippen molar-refractivity contribution >= 4 is 179 Å². The van der Waals surface area contributed by atoms with Crippen molar-refractivity contribution in [3.05, 3.63) is 12.7 Å². The van der Waals surface area contributed by atoms with Crippen molar-refractivity contribution in [2.24, 2.45) is 0 Å². The molecular weight excluding hydrogens is 824 g/mol. The number of aliphatic hydroxyl groups is 2. The molecule has 3 rings (SSSR count). The zero-order chi connectivity index (χ0) is 20.0. The molecule has 0 saturated carbocycles. The molecule has 15 nitrogen and oxygen atoms in total. The van der Waals surface area contributed by atoms with Crippen molar-refractivity contribution in [2.45, 2.75) is 24.5 Å². The van der Waals surface area contributed by atoms with Crippen LogP contribution in [0.25, 0.3) is 11.2 Å². The van der Waals surface area contributed by atoms with Gasteiger partial charge in [0.1, 0.15) is 30.2 Å². The summed E-state index contributed by atoms with van der Waals surface area (Å²) in [6.07, 6.45) is -3.20. The Morgan fingerprint density at radius 1 is 1.13 bits per heavy atom. The van der Waals surface area contributed by atoms with Crippen LogP contribution in [0.3, 0.4) is 0 Å². The number of rotatable bonds is 6. The van der Waals surface area contributed by atoms with Gasteiger partial charge in [-0.15, -0.1) is 0 Å². The maximum absolute atomic E-state index is 11.5. The van der Waals surface area contributed by atoms with Crippen molar-refractivity contribution in [1.82, 2.24) is 19.5 Å². The monoisotopic (exact) mass is 847 g/mol. The third-order valence-electron chi connectivity index (χ3n) is 3.61. The van der Waals surface area contributed by atoms with Crippen LogP contribution < -0.4 is 5.73 Å². The van der Waals surface area contributed by atoms with Crippen LogP contribution in [-0.4, -0.2) is 216 Å². The first-order chi connectivity index (χ1) is 12.5. The second kappa shape index (κ2) is 13.5. The maximum atomic E-state index is 11.5. The van der Waals surface area contributed by atoms with Crippen molar-refractivity contribution in [2.75, 3.05) is 12.3 Å². The van der Waals surface area contributed by atoms with Gasteiger partial charge in [-0.1, -0.05) is 0 Å². The summed E-state index contributed by atoms with van der Waals surface area (Å²) in [6, 6.07) is 0. The Morgan fingerprint density at radius 2 is 1.77 bits per heavy atom. The fourth-order valence-corrected chi connectivity index (χ4v) is 4.08. The minimum atomic E-state index is -5.29. The molecule has 5 atom stereocenters.